The number of para-hydroxylation sites is 1. The van der Waals surface area contributed by atoms with Crippen LogP contribution < -0.4 is 4.74 Å². The average Bonchev–Trinajstić information content (AvgIpc) is 2.74. The lowest BCUT2D eigenvalue weighted by Gasteiger charge is -2.30. The van der Waals surface area contributed by atoms with Crippen molar-refractivity contribution in [3.05, 3.63) is 58.7 Å². The summed E-state index contributed by atoms with van der Waals surface area (Å²) in [4.78, 5) is 16.5. The minimum absolute atomic E-state index is 0.676. The van der Waals surface area contributed by atoms with Crippen LogP contribution in [0.3, 0.4) is 0 Å². The Morgan fingerprint density at radius 3 is 3.00 bits per heavy atom. The number of fused-ring (bicyclic) bond motifs is 2. The van der Waals surface area contributed by atoms with Crippen molar-refractivity contribution in [2.75, 3.05) is 26.2 Å². The summed E-state index contributed by atoms with van der Waals surface area (Å²) in [6, 6.07) is 8.23. The van der Waals surface area contributed by atoms with Crippen LogP contribution in [-0.4, -0.2) is 46.8 Å². The highest BCUT2D eigenvalue weighted by molar-refractivity contribution is 5.97. The Kier molecular flexibility index (Phi) is 4.46. The predicted molar refractivity (Wildman–Crippen MR) is 106 cm³/mol. The van der Waals surface area contributed by atoms with Gasteiger partial charge in [0.05, 0.1) is 11.4 Å². The fraction of sp³-hybridized carbons (Fsp3) is 0.409. The molecule has 27 heavy (non-hydrogen) atoms. The largest absolute Gasteiger partial charge is 0.489 e. The normalized spacial score (nSPS) is 19.4. The minimum atomic E-state index is 0.676. The fourth-order valence-corrected chi connectivity index (χ4v) is 4.07. The third-order valence-electron chi connectivity index (χ3n) is 5.51. The number of aliphatic imine (C=N–C) groups is 1. The molecule has 0 spiro atoms. The summed E-state index contributed by atoms with van der Waals surface area (Å²) in [5.41, 5.74) is 6.04. The fourth-order valence-electron chi connectivity index (χ4n) is 4.07. The third kappa shape index (κ3) is 3.52. The van der Waals surface area contributed by atoms with Crippen LogP contribution in [0.2, 0.25) is 0 Å². The second-order valence-corrected chi connectivity index (χ2v) is 7.54. The molecule has 0 aliphatic carbocycles. The van der Waals surface area contributed by atoms with Gasteiger partial charge in [-0.25, -0.2) is 9.97 Å². The summed E-state index contributed by atoms with van der Waals surface area (Å²) in [6.45, 7) is 4.46. The lowest BCUT2D eigenvalue weighted by molar-refractivity contribution is 0.255. The number of rotatable bonds is 3. The summed E-state index contributed by atoms with van der Waals surface area (Å²) in [5, 5.41) is 0. The van der Waals surface area contributed by atoms with E-state index < -0.39 is 0 Å². The van der Waals surface area contributed by atoms with Gasteiger partial charge in [0.2, 0.25) is 0 Å². The molecule has 0 saturated heterocycles. The molecule has 0 saturated carbocycles. The zero-order valence-corrected chi connectivity index (χ0v) is 15.5. The predicted octanol–water partition coefficient (Wildman–Crippen LogP) is 3.28. The van der Waals surface area contributed by atoms with Gasteiger partial charge in [0.15, 0.2) is 5.82 Å². The van der Waals surface area contributed by atoms with Gasteiger partial charge in [-0.05, 0) is 37.0 Å². The maximum atomic E-state index is 5.90. The number of hydrogen-bond donors (Lipinski definition) is 0. The van der Waals surface area contributed by atoms with Crippen LogP contribution in [0.1, 0.15) is 41.9 Å². The first-order chi connectivity index (χ1) is 13.3. The van der Waals surface area contributed by atoms with Crippen molar-refractivity contribution in [3.8, 4) is 5.75 Å². The quantitative estimate of drug-likeness (QED) is 0.843. The van der Waals surface area contributed by atoms with Crippen molar-refractivity contribution in [1.29, 1.82) is 0 Å². The molecule has 138 valence electrons. The molecule has 0 unspecified atom stereocenters. The van der Waals surface area contributed by atoms with E-state index >= 15 is 0 Å². The molecule has 3 aliphatic heterocycles. The molecule has 0 amide bonds. The minimum Gasteiger partial charge on any atom is -0.489 e. The van der Waals surface area contributed by atoms with Gasteiger partial charge in [-0.2, -0.15) is 0 Å². The van der Waals surface area contributed by atoms with E-state index in [1.54, 1.807) is 0 Å². The van der Waals surface area contributed by atoms with Crippen LogP contribution in [0.4, 0.5) is 0 Å². The Hall–Kier alpha value is -2.53. The van der Waals surface area contributed by atoms with E-state index in [2.05, 4.69) is 33.1 Å². The van der Waals surface area contributed by atoms with E-state index in [9.17, 15) is 0 Å². The van der Waals surface area contributed by atoms with E-state index in [1.807, 2.05) is 18.3 Å². The third-order valence-corrected chi connectivity index (χ3v) is 5.51. The maximum Gasteiger partial charge on any atom is 0.173 e. The highest BCUT2D eigenvalue weighted by atomic mass is 16.5. The van der Waals surface area contributed by atoms with Gasteiger partial charge in [-0.15, -0.1) is 0 Å². The first-order valence-corrected chi connectivity index (χ1v) is 9.87. The Bertz CT molecular complexity index is 918. The summed E-state index contributed by atoms with van der Waals surface area (Å²) < 4.78 is 5.90. The Morgan fingerprint density at radius 2 is 2.07 bits per heavy atom. The highest BCUT2D eigenvalue weighted by Crippen LogP contribution is 2.27. The van der Waals surface area contributed by atoms with Gasteiger partial charge in [0.25, 0.3) is 0 Å². The van der Waals surface area contributed by atoms with Gasteiger partial charge in [-0.1, -0.05) is 18.2 Å². The molecule has 0 atom stereocenters. The molecule has 5 heteroatoms. The maximum absolute atomic E-state index is 5.90. The Balaban J connectivity index is 1.29. The molecule has 3 aliphatic rings. The lowest BCUT2D eigenvalue weighted by Crippen LogP contribution is -2.34. The first-order valence-electron chi connectivity index (χ1n) is 9.87. The van der Waals surface area contributed by atoms with Crippen molar-refractivity contribution in [2.45, 2.75) is 32.2 Å². The molecule has 1 aromatic carbocycles. The zero-order valence-electron chi connectivity index (χ0n) is 15.5. The molecule has 0 fully saturated rings. The average molecular weight is 360 g/mol. The van der Waals surface area contributed by atoms with Crippen molar-refractivity contribution >= 4 is 11.8 Å². The smallest absolute Gasteiger partial charge is 0.173 e. The van der Waals surface area contributed by atoms with Crippen LogP contribution in [0.15, 0.2) is 41.0 Å². The number of hydrogen-bond acceptors (Lipinski definition) is 5. The molecule has 1 aromatic heterocycles. The van der Waals surface area contributed by atoms with Crippen LogP contribution in [0.25, 0.3) is 6.08 Å². The standard InChI is InChI=1S/C22H24N4O/c1-2-7-21-17(5-1)11-16(15-27-21)13-26-10-8-19-18(14-26)12-24-22(25-19)20-6-3-4-9-23-20/h1-2,5,7,11-12H,3-4,6,8-10,13-15H2. The second-order valence-electron chi connectivity index (χ2n) is 7.54. The lowest BCUT2D eigenvalue weighted by atomic mass is 10.0. The van der Waals surface area contributed by atoms with Crippen molar-refractivity contribution in [2.24, 2.45) is 4.99 Å². The summed E-state index contributed by atoms with van der Waals surface area (Å²) >= 11 is 0. The van der Waals surface area contributed by atoms with Crippen LogP contribution in [-0.2, 0) is 13.0 Å². The first kappa shape index (κ1) is 16.6. The molecule has 5 rings (SSSR count). The van der Waals surface area contributed by atoms with E-state index in [1.165, 1.54) is 35.2 Å². The topological polar surface area (TPSA) is 50.6 Å². The number of nitrogens with zero attached hydrogens (tertiary/aromatic N) is 4. The van der Waals surface area contributed by atoms with Gasteiger partial charge in [-0.3, -0.25) is 9.89 Å². The molecule has 4 heterocycles. The molecule has 0 N–H and O–H groups in total. The Morgan fingerprint density at radius 1 is 1.11 bits per heavy atom. The number of ether oxygens (including phenoxy) is 1. The molecular weight excluding hydrogens is 336 g/mol. The zero-order chi connectivity index (χ0) is 18.1. The number of aromatic nitrogens is 2. The summed E-state index contributed by atoms with van der Waals surface area (Å²) in [5.74, 6) is 1.83. The van der Waals surface area contributed by atoms with Crippen molar-refractivity contribution in [3.63, 3.8) is 0 Å². The van der Waals surface area contributed by atoms with Gasteiger partial charge in [0, 0.05) is 49.9 Å². The molecule has 5 nitrogen and oxygen atoms in total. The molecule has 0 radical (unpaired) electrons. The van der Waals surface area contributed by atoms with E-state index in [0.717, 1.165) is 56.3 Å². The molecule has 2 aromatic rings. The molecule has 0 bridgehead atoms. The van der Waals surface area contributed by atoms with Crippen molar-refractivity contribution < 1.29 is 4.74 Å². The number of benzene rings is 1. The van der Waals surface area contributed by atoms with Crippen LogP contribution in [0, 0.1) is 0 Å². The SMILES string of the molecule is C1=C(CN2CCc3nc(C4=NCCCC4)ncc3C2)COc2ccccc21. The van der Waals surface area contributed by atoms with Gasteiger partial charge >= 0.3 is 0 Å². The summed E-state index contributed by atoms with van der Waals surface area (Å²) in [7, 11) is 0. The van der Waals surface area contributed by atoms with Crippen LogP contribution in [0.5, 0.6) is 5.75 Å². The monoisotopic (exact) mass is 360 g/mol. The van der Waals surface area contributed by atoms with Gasteiger partial charge in [0.1, 0.15) is 12.4 Å². The highest BCUT2D eigenvalue weighted by Gasteiger charge is 2.22. The van der Waals surface area contributed by atoms with E-state index in [-0.39, 0.29) is 0 Å². The summed E-state index contributed by atoms with van der Waals surface area (Å²) in [6.07, 6.45) is 8.67. The second kappa shape index (κ2) is 7.24. The van der Waals surface area contributed by atoms with Crippen molar-refractivity contribution in [1.82, 2.24) is 14.9 Å². The van der Waals surface area contributed by atoms with Gasteiger partial charge < -0.3 is 4.74 Å². The van der Waals surface area contributed by atoms with E-state index in [4.69, 9.17) is 9.72 Å². The Labute approximate surface area is 159 Å². The van der Waals surface area contributed by atoms with E-state index in [0.29, 0.717) is 6.61 Å². The van der Waals surface area contributed by atoms with Crippen LogP contribution >= 0.6 is 0 Å². The molecular formula is C22H24N4O.